The number of hydrogen-bond donors (Lipinski definition) is 2. The van der Waals surface area contributed by atoms with E-state index in [9.17, 15) is 28.3 Å². The number of carbonyl (C=O) groups excluding carboxylic acids is 3. The smallest absolute Gasteiger partial charge is 0.338 e. The molecule has 0 bridgehead atoms. The van der Waals surface area contributed by atoms with Crippen LogP contribution in [0.1, 0.15) is 36.0 Å². The van der Waals surface area contributed by atoms with Crippen LogP contribution in [0.3, 0.4) is 0 Å². The number of nitrogens with zero attached hydrogens (tertiary/aromatic N) is 1. The molecule has 1 unspecified atom stereocenters. The fourth-order valence-electron chi connectivity index (χ4n) is 3.55. The van der Waals surface area contributed by atoms with Gasteiger partial charge in [0.1, 0.15) is 9.92 Å². The summed E-state index contributed by atoms with van der Waals surface area (Å²) in [7, 11) is 0. The monoisotopic (exact) mass is 602 g/mol. The van der Waals surface area contributed by atoms with Crippen molar-refractivity contribution in [2.75, 3.05) is 11.9 Å². The van der Waals surface area contributed by atoms with Crippen molar-refractivity contribution in [2.45, 2.75) is 32.5 Å². The van der Waals surface area contributed by atoms with Crippen molar-refractivity contribution in [2.24, 2.45) is 0 Å². The van der Waals surface area contributed by atoms with E-state index in [2.05, 4.69) is 5.32 Å². The molecule has 2 heterocycles. The fourth-order valence-corrected chi connectivity index (χ4v) is 5.74. The van der Waals surface area contributed by atoms with Crippen LogP contribution in [0.15, 0.2) is 58.8 Å². The molecule has 2 amide bonds. The molecule has 7 nitrogen and oxygen atoms in total. The van der Waals surface area contributed by atoms with Crippen LogP contribution < -0.4 is 5.32 Å². The Kier molecular flexibility index (Phi) is 8.83. The number of halogens is 2. The Bertz CT molecular complexity index is 1510. The molecule has 40 heavy (non-hydrogen) atoms. The normalized spacial score (nSPS) is 15.4. The number of anilines is 1. The molecule has 0 aliphatic carbocycles. The molecule has 1 aromatic heterocycles. The van der Waals surface area contributed by atoms with Crippen LogP contribution >= 0.6 is 35.3 Å². The van der Waals surface area contributed by atoms with Gasteiger partial charge in [-0.1, -0.05) is 30.0 Å². The SMILES string of the molecule is CC(C)(C)OC(=O)c1ccc(NC(=O)C(O)CN2C(=O)/C(=C/c3cc(-c4ccc(F)c(F)c4)cs3)SC2=S)cc1. The second-order valence-corrected chi connectivity index (χ2v) is 12.4. The van der Waals surface area contributed by atoms with Gasteiger partial charge in [-0.05, 0) is 85.8 Å². The highest BCUT2D eigenvalue weighted by Crippen LogP contribution is 2.35. The van der Waals surface area contributed by atoms with Crippen LogP contribution in [-0.4, -0.2) is 50.4 Å². The van der Waals surface area contributed by atoms with Gasteiger partial charge in [-0.15, -0.1) is 11.3 Å². The number of carbonyl (C=O) groups is 3. The van der Waals surface area contributed by atoms with Crippen molar-refractivity contribution in [1.82, 2.24) is 4.90 Å². The molecule has 1 aliphatic rings. The highest BCUT2D eigenvalue weighted by Gasteiger charge is 2.35. The standard InChI is InChI=1S/C28H24F2N2O5S3/c1-28(2,3)37-26(36)15-4-7-18(8-5-15)31-24(34)22(33)13-32-25(35)23(40-27(32)38)12-19-10-17(14-39-19)16-6-9-20(29)21(30)11-16/h4-12,14,22,33H,13H2,1-3H3,(H,31,34)/b23-12-. The van der Waals surface area contributed by atoms with E-state index in [0.29, 0.717) is 32.2 Å². The van der Waals surface area contributed by atoms with Gasteiger partial charge in [-0.2, -0.15) is 0 Å². The van der Waals surface area contributed by atoms with Gasteiger partial charge in [0.05, 0.1) is 17.0 Å². The molecule has 12 heteroatoms. The summed E-state index contributed by atoms with van der Waals surface area (Å²) >= 11 is 7.64. The van der Waals surface area contributed by atoms with Crippen LogP contribution in [0.2, 0.25) is 0 Å². The summed E-state index contributed by atoms with van der Waals surface area (Å²) in [6.45, 7) is 4.92. The lowest BCUT2D eigenvalue weighted by atomic mass is 10.1. The molecule has 4 rings (SSSR count). The van der Waals surface area contributed by atoms with Crippen molar-refractivity contribution in [1.29, 1.82) is 0 Å². The highest BCUT2D eigenvalue weighted by molar-refractivity contribution is 8.26. The summed E-state index contributed by atoms with van der Waals surface area (Å²) in [4.78, 5) is 39.8. The molecular weight excluding hydrogens is 579 g/mol. The summed E-state index contributed by atoms with van der Waals surface area (Å²) in [5.74, 6) is -3.61. The van der Waals surface area contributed by atoms with Crippen molar-refractivity contribution in [3.05, 3.63) is 80.9 Å². The minimum Gasteiger partial charge on any atom is -0.456 e. The maximum absolute atomic E-state index is 13.6. The quantitative estimate of drug-likeness (QED) is 0.199. The number of hydrogen-bond acceptors (Lipinski definition) is 8. The topological polar surface area (TPSA) is 95.9 Å². The van der Waals surface area contributed by atoms with Crippen molar-refractivity contribution in [3.8, 4) is 11.1 Å². The first-order chi connectivity index (χ1) is 18.8. The molecule has 1 fully saturated rings. The number of esters is 1. The zero-order valence-corrected chi connectivity index (χ0v) is 24.0. The number of rotatable bonds is 7. The molecule has 2 N–H and O–H groups in total. The largest absolute Gasteiger partial charge is 0.456 e. The van der Waals surface area contributed by atoms with E-state index in [4.69, 9.17) is 17.0 Å². The van der Waals surface area contributed by atoms with E-state index < -0.39 is 41.1 Å². The molecule has 3 aromatic rings. The third kappa shape index (κ3) is 7.19. The molecule has 2 aromatic carbocycles. The fraction of sp³-hybridized carbons (Fsp3) is 0.214. The van der Waals surface area contributed by atoms with Gasteiger partial charge >= 0.3 is 5.97 Å². The molecule has 208 valence electrons. The van der Waals surface area contributed by atoms with Gasteiger partial charge in [0.25, 0.3) is 11.8 Å². The Morgan fingerprint density at radius 1 is 1.10 bits per heavy atom. The number of thiocarbonyl (C=S) groups is 1. The van der Waals surface area contributed by atoms with E-state index in [1.165, 1.54) is 41.7 Å². The molecule has 0 saturated carbocycles. The highest BCUT2D eigenvalue weighted by atomic mass is 32.2. The first-order valence-corrected chi connectivity index (χ1v) is 14.0. The van der Waals surface area contributed by atoms with Crippen LogP contribution in [0.5, 0.6) is 0 Å². The number of ether oxygens (including phenoxy) is 1. The predicted molar refractivity (Wildman–Crippen MR) is 156 cm³/mol. The number of amides is 2. The lowest BCUT2D eigenvalue weighted by Crippen LogP contribution is -2.41. The minimum atomic E-state index is -1.57. The van der Waals surface area contributed by atoms with E-state index >= 15 is 0 Å². The lowest BCUT2D eigenvalue weighted by Gasteiger charge is -2.20. The molecule has 0 spiro atoms. The first kappa shape index (κ1) is 29.5. The van der Waals surface area contributed by atoms with Gasteiger partial charge in [0.15, 0.2) is 17.7 Å². The average molecular weight is 603 g/mol. The zero-order valence-electron chi connectivity index (χ0n) is 21.6. The Morgan fingerprint density at radius 3 is 2.45 bits per heavy atom. The maximum atomic E-state index is 13.6. The van der Waals surface area contributed by atoms with Crippen molar-refractivity contribution in [3.63, 3.8) is 0 Å². The summed E-state index contributed by atoms with van der Waals surface area (Å²) in [5, 5.41) is 14.8. The number of aliphatic hydroxyl groups is 1. The summed E-state index contributed by atoms with van der Waals surface area (Å²) < 4.78 is 32.3. The molecular formula is C28H24F2N2O5S3. The Morgan fingerprint density at radius 2 is 1.80 bits per heavy atom. The lowest BCUT2D eigenvalue weighted by molar-refractivity contribution is -0.127. The summed E-state index contributed by atoms with van der Waals surface area (Å²) in [5.41, 5.74) is 1.16. The molecule has 0 radical (unpaired) electrons. The van der Waals surface area contributed by atoms with Crippen LogP contribution in [-0.2, 0) is 14.3 Å². The Balaban J connectivity index is 1.37. The van der Waals surface area contributed by atoms with Crippen LogP contribution in [0.25, 0.3) is 17.2 Å². The van der Waals surface area contributed by atoms with Gasteiger partial charge in [-0.3, -0.25) is 14.5 Å². The third-order valence-corrected chi connectivity index (χ3v) is 7.72. The number of aliphatic hydroxyl groups excluding tert-OH is 1. The minimum absolute atomic E-state index is 0.183. The number of benzene rings is 2. The van der Waals surface area contributed by atoms with Crippen molar-refractivity contribution >= 4 is 69.2 Å². The van der Waals surface area contributed by atoms with Crippen LogP contribution in [0, 0.1) is 11.6 Å². The van der Waals surface area contributed by atoms with Crippen LogP contribution in [0.4, 0.5) is 14.5 Å². The predicted octanol–water partition coefficient (Wildman–Crippen LogP) is 5.85. The van der Waals surface area contributed by atoms with E-state index in [0.717, 1.165) is 28.8 Å². The summed E-state index contributed by atoms with van der Waals surface area (Å²) in [6.07, 6.45) is 0.0422. The Hall–Kier alpha value is -3.45. The van der Waals surface area contributed by atoms with Gasteiger partial charge < -0.3 is 15.2 Å². The van der Waals surface area contributed by atoms with Gasteiger partial charge in [0, 0.05) is 10.6 Å². The number of thiophene rings is 1. The Labute approximate surface area is 242 Å². The summed E-state index contributed by atoms with van der Waals surface area (Å²) in [6, 6.07) is 11.3. The molecule has 1 aliphatic heterocycles. The van der Waals surface area contributed by atoms with E-state index in [-0.39, 0.29) is 10.9 Å². The average Bonchev–Trinajstić information content (AvgIpc) is 3.45. The third-order valence-electron chi connectivity index (χ3n) is 5.46. The number of thioether (sulfide) groups is 1. The van der Waals surface area contributed by atoms with Gasteiger partial charge in [0.2, 0.25) is 0 Å². The van der Waals surface area contributed by atoms with Crippen molar-refractivity contribution < 1.29 is 33.0 Å². The number of β-amino-alcohol motifs (C(OH)–C–C–N with tert-alkyl or cyclic N) is 1. The molecule has 1 atom stereocenters. The zero-order chi connectivity index (χ0) is 29.2. The number of nitrogens with one attached hydrogen (secondary N) is 1. The molecule has 1 saturated heterocycles. The first-order valence-electron chi connectivity index (χ1n) is 11.9. The van der Waals surface area contributed by atoms with E-state index in [1.807, 2.05) is 0 Å². The van der Waals surface area contributed by atoms with E-state index in [1.54, 1.807) is 38.3 Å². The second kappa shape index (κ2) is 12.0. The maximum Gasteiger partial charge on any atom is 0.338 e. The second-order valence-electron chi connectivity index (χ2n) is 9.74. The van der Waals surface area contributed by atoms with Gasteiger partial charge in [-0.25, -0.2) is 13.6 Å².